The molecule has 0 aromatic carbocycles. The lowest BCUT2D eigenvalue weighted by Gasteiger charge is -2.04. The monoisotopic (exact) mass is 461 g/mol. The van der Waals surface area contributed by atoms with Crippen molar-refractivity contribution >= 4 is 58.9 Å². The first-order valence-corrected chi connectivity index (χ1v) is 10.9. The van der Waals surface area contributed by atoms with E-state index in [9.17, 15) is 14.4 Å². The summed E-state index contributed by atoms with van der Waals surface area (Å²) >= 11 is 2.68. The Bertz CT molecular complexity index is 1120. The molecule has 0 aliphatic carbocycles. The van der Waals surface area contributed by atoms with E-state index in [1.807, 2.05) is 23.6 Å². The fourth-order valence-corrected chi connectivity index (χ4v) is 3.78. The van der Waals surface area contributed by atoms with Gasteiger partial charge in [-0.25, -0.2) is 9.78 Å². The van der Waals surface area contributed by atoms with Crippen molar-refractivity contribution in [1.29, 1.82) is 0 Å². The minimum absolute atomic E-state index is 0.0569. The molecule has 0 radical (unpaired) electrons. The minimum Gasteiger partial charge on any atom is -0.462 e. The van der Waals surface area contributed by atoms with Gasteiger partial charge in [0, 0.05) is 4.88 Å². The average Bonchev–Trinajstić information content (AvgIpc) is 3.45. The molecule has 4 N–H and O–H groups in total. The molecule has 0 saturated heterocycles. The zero-order chi connectivity index (χ0) is 22.4. The van der Waals surface area contributed by atoms with Gasteiger partial charge >= 0.3 is 5.97 Å². The van der Waals surface area contributed by atoms with Crippen LogP contribution in [0.1, 0.15) is 44.1 Å². The lowest BCUT2D eigenvalue weighted by atomic mass is 10.1. The van der Waals surface area contributed by atoms with Gasteiger partial charge in [0.1, 0.15) is 22.7 Å². The van der Waals surface area contributed by atoms with Crippen molar-refractivity contribution in [2.24, 2.45) is 5.73 Å². The maximum absolute atomic E-state index is 12.3. The number of thiophene rings is 1. The highest BCUT2D eigenvalue weighted by Gasteiger charge is 2.29. The average molecular weight is 462 g/mol. The van der Waals surface area contributed by atoms with E-state index in [2.05, 4.69) is 20.5 Å². The molecule has 10 nitrogen and oxygen atoms in total. The summed E-state index contributed by atoms with van der Waals surface area (Å²) < 4.78 is 10.3. The summed E-state index contributed by atoms with van der Waals surface area (Å²) in [5.74, 6) is -1.75. The van der Waals surface area contributed by atoms with Gasteiger partial charge in [0.05, 0.1) is 12.4 Å². The van der Waals surface area contributed by atoms with Crippen LogP contribution in [0.2, 0.25) is 0 Å². The van der Waals surface area contributed by atoms with Crippen molar-refractivity contribution in [2.75, 3.05) is 17.7 Å². The van der Waals surface area contributed by atoms with E-state index < -0.39 is 17.8 Å². The predicted molar refractivity (Wildman–Crippen MR) is 117 cm³/mol. The molecule has 3 rings (SSSR count). The molecule has 31 heavy (non-hydrogen) atoms. The molecule has 0 spiro atoms. The number of nitrogens with one attached hydrogen (secondary N) is 2. The predicted octanol–water partition coefficient (Wildman–Crippen LogP) is 2.94. The third-order valence-electron chi connectivity index (χ3n) is 3.83. The van der Waals surface area contributed by atoms with Gasteiger partial charge in [0.2, 0.25) is 16.9 Å². The smallest absolute Gasteiger partial charge is 0.342 e. The van der Waals surface area contributed by atoms with E-state index in [0.717, 1.165) is 16.6 Å². The van der Waals surface area contributed by atoms with Gasteiger partial charge in [0.15, 0.2) is 0 Å². The number of rotatable bonds is 9. The standard InChI is InChI=1S/C19H19N5O5S2/c1-3-28-18(27)14-10(2)29-17(15(14)16(20)26)22-13(25)9-31-19-21-12(23-24-19)7-6-11-5-4-8-30-11/h4-8H,3,9H2,1-2H3,(H2,20,26)(H,22,25)(H,21,23,24)/b7-6+. The number of thioether (sulfide) groups is 1. The van der Waals surface area contributed by atoms with E-state index >= 15 is 0 Å². The van der Waals surface area contributed by atoms with E-state index in [-0.39, 0.29) is 35.1 Å². The number of hydrogen-bond acceptors (Lipinski definition) is 9. The Morgan fingerprint density at radius 2 is 2.16 bits per heavy atom. The van der Waals surface area contributed by atoms with E-state index in [1.54, 1.807) is 24.3 Å². The van der Waals surface area contributed by atoms with Crippen molar-refractivity contribution in [3.8, 4) is 0 Å². The fraction of sp³-hybridized carbons (Fsp3) is 0.211. The largest absolute Gasteiger partial charge is 0.462 e. The second-order valence-electron chi connectivity index (χ2n) is 6.01. The summed E-state index contributed by atoms with van der Waals surface area (Å²) in [6.45, 7) is 3.22. The first kappa shape index (κ1) is 22.3. The number of hydrogen-bond donors (Lipinski definition) is 3. The highest BCUT2D eigenvalue weighted by molar-refractivity contribution is 7.99. The molecule has 12 heteroatoms. The Morgan fingerprint density at radius 1 is 1.35 bits per heavy atom. The van der Waals surface area contributed by atoms with Gasteiger partial charge in [0.25, 0.3) is 5.91 Å². The van der Waals surface area contributed by atoms with Gasteiger partial charge in [-0.1, -0.05) is 17.8 Å². The number of furan rings is 1. The lowest BCUT2D eigenvalue weighted by molar-refractivity contribution is -0.113. The molecule has 0 bridgehead atoms. The number of aryl methyl sites for hydroxylation is 1. The minimum atomic E-state index is -0.918. The number of carbonyl (C=O) groups is 3. The summed E-state index contributed by atoms with van der Waals surface area (Å²) in [4.78, 5) is 41.6. The molecular weight excluding hydrogens is 442 g/mol. The second-order valence-corrected chi connectivity index (χ2v) is 7.93. The number of nitrogens with two attached hydrogens (primary N) is 1. The number of aromatic nitrogens is 3. The first-order chi connectivity index (χ1) is 14.9. The number of anilines is 1. The Morgan fingerprint density at radius 3 is 2.84 bits per heavy atom. The molecule has 3 heterocycles. The molecule has 3 aromatic rings. The second kappa shape index (κ2) is 10.1. The molecule has 0 aliphatic heterocycles. The highest BCUT2D eigenvalue weighted by atomic mass is 32.2. The van der Waals surface area contributed by atoms with Crippen molar-refractivity contribution in [3.63, 3.8) is 0 Å². The third-order valence-corrected chi connectivity index (χ3v) is 5.51. The molecule has 0 unspecified atom stereocenters. The van der Waals surface area contributed by atoms with E-state index in [0.29, 0.717) is 11.0 Å². The van der Waals surface area contributed by atoms with Gasteiger partial charge in [-0.2, -0.15) is 0 Å². The molecule has 0 fully saturated rings. The molecule has 0 aliphatic rings. The number of esters is 1. The zero-order valence-electron chi connectivity index (χ0n) is 16.6. The van der Waals surface area contributed by atoms with Crippen molar-refractivity contribution in [2.45, 2.75) is 19.0 Å². The van der Waals surface area contributed by atoms with Crippen LogP contribution < -0.4 is 11.1 Å². The van der Waals surface area contributed by atoms with Crippen LogP contribution in [0.5, 0.6) is 0 Å². The van der Waals surface area contributed by atoms with Crippen molar-refractivity contribution in [1.82, 2.24) is 15.2 Å². The molecule has 2 amide bonds. The van der Waals surface area contributed by atoms with Crippen molar-refractivity contribution < 1.29 is 23.5 Å². The van der Waals surface area contributed by atoms with Crippen LogP contribution in [0, 0.1) is 6.92 Å². The van der Waals surface area contributed by atoms with Gasteiger partial charge in [-0.05, 0) is 37.4 Å². The fourth-order valence-electron chi connectivity index (χ4n) is 2.55. The van der Waals surface area contributed by atoms with Crippen LogP contribution in [0.25, 0.3) is 12.2 Å². The summed E-state index contributed by atoms with van der Waals surface area (Å²) in [6.07, 6.45) is 3.68. The quantitative estimate of drug-likeness (QED) is 0.325. The Hall–Kier alpha value is -3.38. The molecule has 3 aromatic heterocycles. The number of ether oxygens (including phenoxy) is 1. The SMILES string of the molecule is CCOC(=O)c1c(C)oc(NC(=O)CSc2n[nH]c(/C=C/c3cccs3)n2)c1C(N)=O. The van der Waals surface area contributed by atoms with Crippen LogP contribution in [0.15, 0.2) is 27.1 Å². The maximum atomic E-state index is 12.3. The topological polar surface area (TPSA) is 153 Å². The van der Waals surface area contributed by atoms with Crippen LogP contribution in [-0.4, -0.2) is 45.3 Å². The molecule has 162 valence electrons. The van der Waals surface area contributed by atoms with Crippen LogP contribution >= 0.6 is 23.1 Å². The number of H-pyrrole nitrogens is 1. The van der Waals surface area contributed by atoms with Crippen LogP contribution in [-0.2, 0) is 9.53 Å². The Labute approximate surface area is 185 Å². The number of nitrogens with zero attached hydrogens (tertiary/aromatic N) is 2. The first-order valence-electron chi connectivity index (χ1n) is 9.06. The lowest BCUT2D eigenvalue weighted by Crippen LogP contribution is -2.21. The summed E-state index contributed by atoms with van der Waals surface area (Å²) in [5, 5.41) is 11.6. The van der Waals surface area contributed by atoms with Crippen LogP contribution in [0.3, 0.4) is 0 Å². The van der Waals surface area contributed by atoms with Crippen molar-refractivity contribution in [3.05, 3.63) is 45.1 Å². The van der Waals surface area contributed by atoms with Gasteiger partial charge < -0.3 is 14.9 Å². The molecule has 0 saturated carbocycles. The van der Waals surface area contributed by atoms with E-state index in [1.165, 1.54) is 6.92 Å². The zero-order valence-corrected chi connectivity index (χ0v) is 18.3. The molecular formula is C19H19N5O5S2. The Kier molecular flexibility index (Phi) is 7.26. The Balaban J connectivity index is 1.63. The summed E-state index contributed by atoms with van der Waals surface area (Å²) in [6, 6.07) is 3.92. The van der Waals surface area contributed by atoms with E-state index in [4.69, 9.17) is 14.9 Å². The maximum Gasteiger partial charge on any atom is 0.342 e. The highest BCUT2D eigenvalue weighted by Crippen LogP contribution is 2.28. The van der Waals surface area contributed by atoms with Gasteiger partial charge in [-0.3, -0.25) is 20.0 Å². The number of aromatic amines is 1. The number of primary amides is 1. The third kappa shape index (κ3) is 5.61. The number of amides is 2. The van der Waals surface area contributed by atoms with Gasteiger partial charge in [-0.15, -0.1) is 16.4 Å². The normalized spacial score (nSPS) is 11.0. The summed E-state index contributed by atoms with van der Waals surface area (Å²) in [7, 11) is 0. The molecule has 0 atom stereocenters. The number of carbonyl (C=O) groups excluding carboxylic acids is 3. The van der Waals surface area contributed by atoms with Crippen LogP contribution in [0.4, 0.5) is 5.88 Å². The summed E-state index contributed by atoms with van der Waals surface area (Å²) in [5.41, 5.74) is 5.04.